The van der Waals surface area contributed by atoms with Gasteiger partial charge in [-0.3, -0.25) is 4.79 Å². The summed E-state index contributed by atoms with van der Waals surface area (Å²) in [5.74, 6) is -0.0314. The predicted molar refractivity (Wildman–Crippen MR) is 114 cm³/mol. The average molecular weight is 424 g/mol. The number of carboxylic acids is 1. The summed E-state index contributed by atoms with van der Waals surface area (Å²) in [5.41, 5.74) is 2.44. The second-order valence-corrected chi connectivity index (χ2v) is 7.57. The molecule has 3 aromatic rings. The molecule has 0 spiro atoms. The Morgan fingerprint density at radius 1 is 1.03 bits per heavy atom. The van der Waals surface area contributed by atoms with E-state index in [2.05, 4.69) is 0 Å². The molecule has 162 valence electrons. The van der Waals surface area contributed by atoms with Crippen molar-refractivity contribution in [1.82, 2.24) is 0 Å². The zero-order valence-corrected chi connectivity index (χ0v) is 17.0. The number of aliphatic hydroxyl groups is 1. The maximum atomic E-state index is 12.3. The summed E-state index contributed by atoms with van der Waals surface area (Å²) in [6.45, 7) is 0.176. The number of benzene rings is 2. The first-order valence-electron chi connectivity index (χ1n) is 10.4. The minimum absolute atomic E-state index is 0.176. The lowest BCUT2D eigenvalue weighted by molar-refractivity contribution is -0.136. The van der Waals surface area contributed by atoms with Crippen molar-refractivity contribution in [3.8, 4) is 11.5 Å². The van der Waals surface area contributed by atoms with E-state index in [4.69, 9.17) is 19.0 Å². The number of hydrogen-bond donors (Lipinski definition) is 2. The molecule has 1 aliphatic carbocycles. The van der Waals surface area contributed by atoms with E-state index in [1.165, 1.54) is 0 Å². The standard InChI is InChI=1S/C24H24O7/c25-21(26)14-15-6-1-4-9-18(15)30-22(27)12-13-29-19-10-5-11-20-23(19)16-7-2-3-8-17(16)24(28)31-20/h1,4-6,9-11,22,27H,2-3,7-8,12-14H2,(H,25,26). The Labute approximate surface area is 178 Å². The van der Waals surface area contributed by atoms with Crippen LogP contribution in [-0.4, -0.2) is 29.1 Å². The lowest BCUT2D eigenvalue weighted by Gasteiger charge is -2.19. The molecule has 0 radical (unpaired) electrons. The van der Waals surface area contributed by atoms with Crippen LogP contribution in [0.25, 0.3) is 11.0 Å². The van der Waals surface area contributed by atoms with E-state index in [9.17, 15) is 14.7 Å². The van der Waals surface area contributed by atoms with E-state index < -0.39 is 12.3 Å². The molecule has 0 saturated heterocycles. The van der Waals surface area contributed by atoms with Gasteiger partial charge in [0.15, 0.2) is 0 Å². The van der Waals surface area contributed by atoms with Crippen LogP contribution >= 0.6 is 0 Å². The van der Waals surface area contributed by atoms with Crippen LogP contribution in [0.2, 0.25) is 0 Å². The Balaban J connectivity index is 1.46. The van der Waals surface area contributed by atoms with Gasteiger partial charge in [-0.25, -0.2) is 4.79 Å². The van der Waals surface area contributed by atoms with Gasteiger partial charge < -0.3 is 24.1 Å². The topological polar surface area (TPSA) is 106 Å². The zero-order valence-electron chi connectivity index (χ0n) is 17.0. The number of fused-ring (bicyclic) bond motifs is 3. The SMILES string of the molecule is O=C(O)Cc1ccccc1OC(O)CCOc1cccc2oc(=O)c3c(c12)CCCC3. The zero-order chi connectivity index (χ0) is 21.8. The highest BCUT2D eigenvalue weighted by atomic mass is 16.6. The van der Waals surface area contributed by atoms with E-state index in [1.54, 1.807) is 36.4 Å². The fourth-order valence-electron chi connectivity index (χ4n) is 3.98. The monoisotopic (exact) mass is 424 g/mol. The molecule has 2 aromatic carbocycles. The van der Waals surface area contributed by atoms with Crippen molar-refractivity contribution in [3.05, 3.63) is 69.6 Å². The van der Waals surface area contributed by atoms with E-state index in [1.807, 2.05) is 6.07 Å². The molecule has 7 nitrogen and oxygen atoms in total. The summed E-state index contributed by atoms with van der Waals surface area (Å²) in [7, 11) is 0. The molecule has 7 heteroatoms. The van der Waals surface area contributed by atoms with Crippen LogP contribution in [0, 0.1) is 0 Å². The largest absolute Gasteiger partial charge is 0.493 e. The number of aryl methyl sites for hydroxylation is 1. The number of carboxylic acid groups (broad SMARTS) is 1. The summed E-state index contributed by atoms with van der Waals surface area (Å²) in [4.78, 5) is 23.3. The van der Waals surface area contributed by atoms with Crippen molar-refractivity contribution in [3.63, 3.8) is 0 Å². The summed E-state index contributed by atoms with van der Waals surface area (Å²) < 4.78 is 17.0. The van der Waals surface area contributed by atoms with Crippen LogP contribution in [0.1, 0.15) is 36.0 Å². The van der Waals surface area contributed by atoms with Gasteiger partial charge in [0.1, 0.15) is 17.1 Å². The number of rotatable bonds is 8. The van der Waals surface area contributed by atoms with E-state index in [0.717, 1.165) is 35.8 Å². The van der Waals surface area contributed by atoms with Crippen LogP contribution in [0.4, 0.5) is 0 Å². The van der Waals surface area contributed by atoms with E-state index in [0.29, 0.717) is 29.1 Å². The highest BCUT2D eigenvalue weighted by Gasteiger charge is 2.21. The molecule has 1 unspecified atom stereocenters. The maximum Gasteiger partial charge on any atom is 0.339 e. The fourth-order valence-corrected chi connectivity index (χ4v) is 3.98. The summed E-state index contributed by atoms with van der Waals surface area (Å²) >= 11 is 0. The highest BCUT2D eigenvalue weighted by molar-refractivity contribution is 5.87. The van der Waals surface area contributed by atoms with Crippen molar-refractivity contribution >= 4 is 16.9 Å². The Bertz CT molecular complexity index is 1150. The number of para-hydroxylation sites is 1. The molecule has 0 fully saturated rings. The Morgan fingerprint density at radius 3 is 2.58 bits per heavy atom. The lowest BCUT2D eigenvalue weighted by atomic mass is 9.90. The van der Waals surface area contributed by atoms with Crippen molar-refractivity contribution < 1.29 is 28.9 Å². The van der Waals surface area contributed by atoms with Gasteiger partial charge in [0.05, 0.1) is 18.4 Å². The molecule has 1 aromatic heterocycles. The van der Waals surface area contributed by atoms with E-state index in [-0.39, 0.29) is 25.1 Å². The van der Waals surface area contributed by atoms with Gasteiger partial charge in [-0.1, -0.05) is 24.3 Å². The molecule has 0 bridgehead atoms. The Hall–Kier alpha value is -3.32. The molecular formula is C24H24O7. The van der Waals surface area contributed by atoms with Crippen molar-refractivity contribution in [2.75, 3.05) is 6.61 Å². The van der Waals surface area contributed by atoms with Crippen LogP contribution in [-0.2, 0) is 24.1 Å². The maximum absolute atomic E-state index is 12.3. The molecule has 31 heavy (non-hydrogen) atoms. The van der Waals surface area contributed by atoms with Gasteiger partial charge in [0.25, 0.3) is 0 Å². The van der Waals surface area contributed by atoms with Gasteiger partial charge in [-0.2, -0.15) is 0 Å². The van der Waals surface area contributed by atoms with Crippen molar-refractivity contribution in [1.29, 1.82) is 0 Å². The van der Waals surface area contributed by atoms with Gasteiger partial charge in [-0.15, -0.1) is 0 Å². The molecule has 0 amide bonds. The third kappa shape index (κ3) is 4.72. The minimum atomic E-state index is -1.16. The summed E-state index contributed by atoms with van der Waals surface area (Å²) in [6.07, 6.45) is 2.34. The number of hydrogen-bond acceptors (Lipinski definition) is 6. The summed E-state index contributed by atoms with van der Waals surface area (Å²) in [5, 5.41) is 20.1. The molecule has 1 heterocycles. The van der Waals surface area contributed by atoms with E-state index >= 15 is 0 Å². The highest BCUT2D eigenvalue weighted by Crippen LogP contribution is 2.33. The van der Waals surface area contributed by atoms with Gasteiger partial charge in [-0.05, 0) is 49.4 Å². The Morgan fingerprint density at radius 2 is 1.77 bits per heavy atom. The first kappa shape index (κ1) is 20.9. The minimum Gasteiger partial charge on any atom is -0.493 e. The molecule has 4 rings (SSSR count). The fraction of sp³-hybridized carbons (Fsp3) is 0.333. The van der Waals surface area contributed by atoms with Gasteiger partial charge in [0, 0.05) is 17.5 Å². The number of aliphatic carboxylic acids is 1. The Kier molecular flexibility index (Phi) is 6.23. The third-order valence-electron chi connectivity index (χ3n) is 5.41. The van der Waals surface area contributed by atoms with Gasteiger partial charge in [0.2, 0.25) is 6.29 Å². The lowest BCUT2D eigenvalue weighted by Crippen LogP contribution is -2.20. The first-order chi connectivity index (χ1) is 15.0. The number of carbonyl (C=O) groups is 1. The molecule has 2 N–H and O–H groups in total. The number of aliphatic hydroxyl groups excluding tert-OH is 1. The molecule has 0 aliphatic heterocycles. The van der Waals surface area contributed by atoms with Crippen LogP contribution in [0.5, 0.6) is 11.5 Å². The summed E-state index contributed by atoms with van der Waals surface area (Å²) in [6, 6.07) is 12.1. The molecular weight excluding hydrogens is 400 g/mol. The molecule has 1 atom stereocenters. The third-order valence-corrected chi connectivity index (χ3v) is 5.41. The van der Waals surface area contributed by atoms with Crippen LogP contribution < -0.4 is 15.1 Å². The van der Waals surface area contributed by atoms with Crippen molar-refractivity contribution in [2.24, 2.45) is 0 Å². The molecule has 1 aliphatic rings. The second kappa shape index (κ2) is 9.22. The normalized spacial score (nSPS) is 14.1. The second-order valence-electron chi connectivity index (χ2n) is 7.57. The quantitative estimate of drug-likeness (QED) is 0.421. The predicted octanol–water partition coefficient (Wildman–Crippen LogP) is 3.47. The van der Waals surface area contributed by atoms with Gasteiger partial charge >= 0.3 is 11.6 Å². The molecule has 0 saturated carbocycles. The average Bonchev–Trinajstić information content (AvgIpc) is 2.75. The van der Waals surface area contributed by atoms with Crippen LogP contribution in [0.15, 0.2) is 51.7 Å². The number of ether oxygens (including phenoxy) is 2. The van der Waals surface area contributed by atoms with Crippen molar-refractivity contribution in [2.45, 2.75) is 44.8 Å². The first-order valence-corrected chi connectivity index (χ1v) is 10.4. The van der Waals surface area contributed by atoms with Crippen LogP contribution in [0.3, 0.4) is 0 Å². The smallest absolute Gasteiger partial charge is 0.339 e.